The fourth-order valence-electron chi connectivity index (χ4n) is 1.94. The number of pyridine rings is 1. The number of hydrogen-bond acceptors (Lipinski definition) is 6. The zero-order valence-corrected chi connectivity index (χ0v) is 16.1. The standard InChI is InChI=1S/C17H23F3N6O3/c1-3-5-8-29-16(24-15(21)11-26(27)28)23-12-25(4-2)10-13-6-7-14(22-9-13)17(18,19)20/h6-7,9,11-12H,3-5,8,10,21H2,1-2H3/b15-11-,23-12+,24-16+. The minimum atomic E-state index is -4.50. The normalized spacial score (nSPS) is 13.0. The van der Waals surface area contributed by atoms with Crippen LogP contribution in [0, 0.1) is 10.1 Å². The largest absolute Gasteiger partial charge is 0.463 e. The lowest BCUT2D eigenvalue weighted by atomic mass is 10.2. The molecule has 12 heteroatoms. The zero-order chi connectivity index (χ0) is 21.9. The maximum atomic E-state index is 12.6. The van der Waals surface area contributed by atoms with Gasteiger partial charge in [-0.15, -0.1) is 0 Å². The van der Waals surface area contributed by atoms with Crippen LogP contribution in [0.5, 0.6) is 0 Å². The van der Waals surface area contributed by atoms with Gasteiger partial charge in [0.05, 0.1) is 17.9 Å². The molecule has 0 saturated heterocycles. The summed E-state index contributed by atoms with van der Waals surface area (Å²) in [6.07, 6.45) is 0.125. The van der Waals surface area contributed by atoms with Gasteiger partial charge in [0.15, 0.2) is 5.82 Å². The predicted octanol–water partition coefficient (Wildman–Crippen LogP) is 3.16. The monoisotopic (exact) mass is 416 g/mol. The highest BCUT2D eigenvalue weighted by atomic mass is 19.4. The third-order valence-electron chi connectivity index (χ3n) is 3.43. The van der Waals surface area contributed by atoms with Gasteiger partial charge in [0.1, 0.15) is 5.69 Å². The third-order valence-corrected chi connectivity index (χ3v) is 3.43. The molecule has 1 aromatic heterocycles. The first-order chi connectivity index (χ1) is 13.7. The number of amidine groups is 1. The molecule has 160 valence electrons. The Balaban J connectivity index is 2.90. The number of nitrogens with two attached hydrogens (primary N) is 1. The average Bonchev–Trinajstić information content (AvgIpc) is 2.63. The molecule has 1 rings (SSSR count). The molecular formula is C17H23F3N6O3. The molecule has 0 atom stereocenters. The number of nitrogens with zero attached hydrogens (tertiary/aromatic N) is 5. The van der Waals surface area contributed by atoms with Crippen molar-refractivity contribution in [1.29, 1.82) is 0 Å². The molecule has 2 N–H and O–H groups in total. The number of rotatable bonds is 9. The van der Waals surface area contributed by atoms with Crippen LogP contribution in [0.15, 0.2) is 40.3 Å². The number of halogens is 3. The van der Waals surface area contributed by atoms with E-state index in [1.807, 2.05) is 13.8 Å². The molecule has 0 fully saturated rings. The van der Waals surface area contributed by atoms with Crippen LogP contribution in [0.1, 0.15) is 37.9 Å². The Labute approximate surface area is 165 Å². The predicted molar refractivity (Wildman–Crippen MR) is 101 cm³/mol. The lowest BCUT2D eigenvalue weighted by Gasteiger charge is -2.17. The topological polar surface area (TPSA) is 119 Å². The number of ether oxygens (including phenoxy) is 1. The Hall–Kier alpha value is -3.18. The first-order valence-electron chi connectivity index (χ1n) is 8.78. The second-order valence-electron chi connectivity index (χ2n) is 5.79. The van der Waals surface area contributed by atoms with E-state index >= 15 is 0 Å². The zero-order valence-electron chi connectivity index (χ0n) is 16.1. The summed E-state index contributed by atoms with van der Waals surface area (Å²) in [5, 5.41) is 10.5. The van der Waals surface area contributed by atoms with E-state index in [4.69, 9.17) is 10.5 Å². The molecule has 0 aliphatic heterocycles. The molecule has 0 unspecified atom stereocenters. The van der Waals surface area contributed by atoms with Gasteiger partial charge in [-0.2, -0.15) is 23.2 Å². The molecule has 0 saturated carbocycles. The van der Waals surface area contributed by atoms with Crippen LogP contribution in [-0.4, -0.2) is 40.3 Å². The Kier molecular flexibility index (Phi) is 9.56. The second-order valence-corrected chi connectivity index (χ2v) is 5.79. The minimum absolute atomic E-state index is 0.155. The van der Waals surface area contributed by atoms with Crippen molar-refractivity contribution in [3.63, 3.8) is 0 Å². The van der Waals surface area contributed by atoms with E-state index < -0.39 is 16.8 Å². The smallest absolute Gasteiger partial charge is 0.433 e. The average molecular weight is 416 g/mol. The lowest BCUT2D eigenvalue weighted by molar-refractivity contribution is -0.403. The molecule has 0 aromatic carbocycles. The Morgan fingerprint density at radius 3 is 2.66 bits per heavy atom. The molecule has 29 heavy (non-hydrogen) atoms. The van der Waals surface area contributed by atoms with Gasteiger partial charge in [-0.3, -0.25) is 15.1 Å². The molecule has 1 heterocycles. The number of aliphatic imine (C=N–C) groups is 2. The van der Waals surface area contributed by atoms with Crippen molar-refractivity contribution in [2.24, 2.45) is 15.7 Å². The maximum Gasteiger partial charge on any atom is 0.433 e. The summed E-state index contributed by atoms with van der Waals surface area (Å²) in [6.45, 7) is 4.80. The van der Waals surface area contributed by atoms with Gasteiger partial charge >= 0.3 is 12.2 Å². The molecular weight excluding hydrogens is 393 g/mol. The van der Waals surface area contributed by atoms with Gasteiger partial charge in [0, 0.05) is 19.3 Å². The van der Waals surface area contributed by atoms with E-state index in [0.29, 0.717) is 24.9 Å². The highest BCUT2D eigenvalue weighted by molar-refractivity contribution is 5.83. The van der Waals surface area contributed by atoms with Gasteiger partial charge < -0.3 is 15.4 Å². The van der Waals surface area contributed by atoms with Crippen LogP contribution in [0.2, 0.25) is 0 Å². The molecule has 1 aromatic rings. The number of hydrogen-bond donors (Lipinski definition) is 1. The first kappa shape index (κ1) is 23.9. The quantitative estimate of drug-likeness (QED) is 0.217. The van der Waals surface area contributed by atoms with Crippen molar-refractivity contribution >= 4 is 12.4 Å². The van der Waals surface area contributed by atoms with Crippen LogP contribution in [-0.2, 0) is 17.5 Å². The van der Waals surface area contributed by atoms with Crippen molar-refractivity contribution in [2.45, 2.75) is 39.4 Å². The van der Waals surface area contributed by atoms with Crippen LogP contribution in [0.4, 0.5) is 13.2 Å². The molecule has 0 bridgehead atoms. The highest BCUT2D eigenvalue weighted by Crippen LogP contribution is 2.27. The molecule has 9 nitrogen and oxygen atoms in total. The number of alkyl halides is 3. The molecule has 0 radical (unpaired) electrons. The van der Waals surface area contributed by atoms with Gasteiger partial charge in [-0.05, 0) is 25.0 Å². The van der Waals surface area contributed by atoms with Crippen molar-refractivity contribution in [3.8, 4) is 0 Å². The highest BCUT2D eigenvalue weighted by Gasteiger charge is 2.32. The van der Waals surface area contributed by atoms with Crippen molar-refractivity contribution < 1.29 is 22.8 Å². The van der Waals surface area contributed by atoms with Crippen LogP contribution in [0.25, 0.3) is 0 Å². The van der Waals surface area contributed by atoms with E-state index in [0.717, 1.165) is 25.1 Å². The Morgan fingerprint density at radius 1 is 1.41 bits per heavy atom. The number of nitro groups is 1. The van der Waals surface area contributed by atoms with Gasteiger partial charge in [-0.25, -0.2) is 0 Å². The fraction of sp³-hybridized carbons (Fsp3) is 0.471. The van der Waals surface area contributed by atoms with Gasteiger partial charge in [-0.1, -0.05) is 19.4 Å². The van der Waals surface area contributed by atoms with Crippen molar-refractivity contribution in [2.75, 3.05) is 13.2 Å². The summed E-state index contributed by atoms with van der Waals surface area (Å²) in [6, 6.07) is 2.08. The van der Waals surface area contributed by atoms with Crippen molar-refractivity contribution in [3.05, 3.63) is 51.7 Å². The summed E-state index contributed by atoms with van der Waals surface area (Å²) in [5.74, 6) is -0.381. The first-order valence-corrected chi connectivity index (χ1v) is 8.78. The minimum Gasteiger partial charge on any atom is -0.463 e. The van der Waals surface area contributed by atoms with Gasteiger partial charge in [0.25, 0.3) is 6.20 Å². The van der Waals surface area contributed by atoms with Crippen LogP contribution >= 0.6 is 0 Å². The van der Waals surface area contributed by atoms with E-state index in [-0.39, 0.29) is 18.4 Å². The second kappa shape index (κ2) is 11.6. The van der Waals surface area contributed by atoms with E-state index in [9.17, 15) is 23.3 Å². The number of unbranched alkanes of at least 4 members (excludes halogenated alkanes) is 1. The fourth-order valence-corrected chi connectivity index (χ4v) is 1.94. The van der Waals surface area contributed by atoms with Crippen LogP contribution < -0.4 is 5.73 Å². The molecule has 0 aliphatic carbocycles. The SMILES string of the molecule is CCCCOC(/N=C/N(CC)Cc1ccc(C(F)(F)F)nc1)=N/C(N)=C\[N+](=O)[O-]. The maximum absolute atomic E-state index is 12.6. The molecule has 0 amide bonds. The molecule has 0 spiro atoms. The lowest BCUT2D eigenvalue weighted by Crippen LogP contribution is -2.22. The van der Waals surface area contributed by atoms with Gasteiger partial charge in [0.2, 0.25) is 0 Å². The summed E-state index contributed by atoms with van der Waals surface area (Å²) in [4.78, 5) is 22.6. The summed E-state index contributed by atoms with van der Waals surface area (Å²) in [7, 11) is 0. The summed E-state index contributed by atoms with van der Waals surface area (Å²) < 4.78 is 43.1. The van der Waals surface area contributed by atoms with E-state index in [1.165, 1.54) is 12.4 Å². The Morgan fingerprint density at radius 2 is 2.14 bits per heavy atom. The number of aromatic nitrogens is 1. The third kappa shape index (κ3) is 9.53. The molecule has 0 aliphatic rings. The van der Waals surface area contributed by atoms with E-state index in [2.05, 4.69) is 15.0 Å². The van der Waals surface area contributed by atoms with Crippen LogP contribution in [0.3, 0.4) is 0 Å². The summed E-state index contributed by atoms with van der Waals surface area (Å²) in [5.41, 5.74) is 5.03. The summed E-state index contributed by atoms with van der Waals surface area (Å²) >= 11 is 0. The van der Waals surface area contributed by atoms with E-state index in [1.54, 1.807) is 4.90 Å². The van der Waals surface area contributed by atoms with Crippen molar-refractivity contribution in [1.82, 2.24) is 9.88 Å². The Bertz CT molecular complexity index is 748.